The van der Waals surface area contributed by atoms with Crippen LogP contribution in [0.4, 0.5) is 0 Å². The summed E-state index contributed by atoms with van der Waals surface area (Å²) in [6.07, 6.45) is 0. The standard InChI is InChI=1S/C17H17Cl2NO4S/c1-3-24-17(21)16(12-7-5-4-6-8-12)20-25(22,23)15-9-11(2)13(18)10-14(15)19/h4-10,16,20H,3H2,1-2H3. The maximum Gasteiger partial charge on any atom is 0.328 e. The third-order valence-electron chi connectivity index (χ3n) is 3.43. The van der Waals surface area contributed by atoms with Crippen molar-refractivity contribution in [1.29, 1.82) is 0 Å². The molecular formula is C17H17Cl2NO4S. The average Bonchev–Trinajstić information content (AvgIpc) is 2.57. The molecule has 2 rings (SSSR count). The van der Waals surface area contributed by atoms with Crippen molar-refractivity contribution in [2.24, 2.45) is 0 Å². The molecule has 1 N–H and O–H groups in total. The van der Waals surface area contributed by atoms with E-state index in [0.717, 1.165) is 0 Å². The molecule has 134 valence electrons. The first-order valence-electron chi connectivity index (χ1n) is 7.45. The lowest BCUT2D eigenvalue weighted by molar-refractivity contribution is -0.145. The van der Waals surface area contributed by atoms with Crippen LogP contribution in [0.5, 0.6) is 0 Å². The number of hydrogen-bond donors (Lipinski definition) is 1. The highest BCUT2D eigenvalue weighted by Crippen LogP contribution is 2.29. The van der Waals surface area contributed by atoms with Crippen LogP contribution in [0.1, 0.15) is 24.1 Å². The summed E-state index contributed by atoms with van der Waals surface area (Å²) in [5.74, 6) is -0.695. The Morgan fingerprint density at radius 3 is 2.40 bits per heavy atom. The van der Waals surface area contributed by atoms with Gasteiger partial charge in [-0.15, -0.1) is 0 Å². The van der Waals surface area contributed by atoms with Gasteiger partial charge in [0.05, 0.1) is 11.6 Å². The van der Waals surface area contributed by atoms with E-state index in [2.05, 4.69) is 4.72 Å². The predicted octanol–water partition coefficient (Wildman–Crippen LogP) is 3.88. The highest BCUT2D eigenvalue weighted by Gasteiger charge is 2.29. The van der Waals surface area contributed by atoms with Gasteiger partial charge in [0.15, 0.2) is 0 Å². The third-order valence-corrected chi connectivity index (χ3v) is 5.73. The molecule has 0 aliphatic rings. The summed E-state index contributed by atoms with van der Waals surface area (Å²) >= 11 is 12.0. The van der Waals surface area contributed by atoms with Crippen LogP contribution in [-0.4, -0.2) is 21.0 Å². The van der Waals surface area contributed by atoms with E-state index in [0.29, 0.717) is 16.1 Å². The molecule has 0 fully saturated rings. The molecule has 5 nitrogen and oxygen atoms in total. The van der Waals surface area contributed by atoms with Crippen LogP contribution in [0.3, 0.4) is 0 Å². The van der Waals surface area contributed by atoms with Gasteiger partial charge < -0.3 is 4.74 Å². The van der Waals surface area contributed by atoms with E-state index in [1.165, 1.54) is 12.1 Å². The molecule has 2 aromatic carbocycles. The topological polar surface area (TPSA) is 72.5 Å². The number of rotatable bonds is 6. The molecule has 0 bridgehead atoms. The maximum absolute atomic E-state index is 12.8. The number of carbonyl (C=O) groups excluding carboxylic acids is 1. The fourth-order valence-corrected chi connectivity index (χ4v) is 4.18. The van der Waals surface area contributed by atoms with Crippen molar-refractivity contribution in [3.63, 3.8) is 0 Å². The second-order valence-electron chi connectivity index (χ2n) is 5.25. The Bertz CT molecular complexity index is 870. The number of sulfonamides is 1. The SMILES string of the molecule is CCOC(=O)C(NS(=O)(=O)c1cc(C)c(Cl)cc1Cl)c1ccccc1. The Balaban J connectivity index is 2.44. The number of hydrogen-bond acceptors (Lipinski definition) is 4. The molecule has 0 radical (unpaired) electrons. The van der Waals surface area contributed by atoms with E-state index in [1.54, 1.807) is 44.2 Å². The molecule has 1 unspecified atom stereocenters. The van der Waals surface area contributed by atoms with Gasteiger partial charge in [0, 0.05) is 5.02 Å². The molecule has 1 atom stereocenters. The highest BCUT2D eigenvalue weighted by molar-refractivity contribution is 7.89. The Morgan fingerprint density at radius 2 is 1.80 bits per heavy atom. The van der Waals surface area contributed by atoms with Crippen LogP contribution in [0.2, 0.25) is 10.0 Å². The Labute approximate surface area is 157 Å². The van der Waals surface area contributed by atoms with E-state index in [1.807, 2.05) is 0 Å². The monoisotopic (exact) mass is 401 g/mol. The minimum Gasteiger partial charge on any atom is -0.465 e. The Kier molecular flexibility index (Phi) is 6.46. The minimum absolute atomic E-state index is 0.0289. The van der Waals surface area contributed by atoms with Crippen molar-refractivity contribution >= 4 is 39.2 Å². The normalized spacial score (nSPS) is 12.6. The van der Waals surface area contributed by atoms with Crippen molar-refractivity contribution < 1.29 is 17.9 Å². The quantitative estimate of drug-likeness (QED) is 0.745. The summed E-state index contributed by atoms with van der Waals surface area (Å²) < 4.78 is 32.9. The summed E-state index contributed by atoms with van der Waals surface area (Å²) in [6.45, 7) is 3.44. The number of esters is 1. The first-order chi connectivity index (χ1) is 11.8. The van der Waals surface area contributed by atoms with Gasteiger partial charge in [-0.1, -0.05) is 53.5 Å². The first-order valence-corrected chi connectivity index (χ1v) is 9.69. The van der Waals surface area contributed by atoms with Crippen molar-refractivity contribution in [1.82, 2.24) is 4.72 Å². The van der Waals surface area contributed by atoms with Gasteiger partial charge in [-0.25, -0.2) is 13.2 Å². The van der Waals surface area contributed by atoms with Crippen LogP contribution in [0.15, 0.2) is 47.4 Å². The van der Waals surface area contributed by atoms with E-state index in [9.17, 15) is 13.2 Å². The number of carbonyl (C=O) groups is 1. The second kappa shape index (κ2) is 8.19. The largest absolute Gasteiger partial charge is 0.465 e. The van der Waals surface area contributed by atoms with Crippen molar-refractivity contribution in [3.05, 3.63) is 63.6 Å². The summed E-state index contributed by atoms with van der Waals surface area (Å²) in [6, 6.07) is 9.98. The zero-order valence-electron chi connectivity index (χ0n) is 13.6. The van der Waals surface area contributed by atoms with Gasteiger partial charge in [-0.05, 0) is 37.1 Å². The van der Waals surface area contributed by atoms with Gasteiger partial charge >= 0.3 is 5.97 Å². The lowest BCUT2D eigenvalue weighted by Gasteiger charge is -2.18. The van der Waals surface area contributed by atoms with Crippen LogP contribution in [-0.2, 0) is 19.6 Å². The molecule has 8 heteroatoms. The molecule has 0 aliphatic carbocycles. The van der Waals surface area contributed by atoms with E-state index < -0.39 is 22.0 Å². The Morgan fingerprint density at radius 1 is 1.16 bits per heavy atom. The number of ether oxygens (including phenoxy) is 1. The lowest BCUT2D eigenvalue weighted by atomic mass is 10.1. The van der Waals surface area contributed by atoms with Gasteiger partial charge in [0.25, 0.3) is 0 Å². The molecule has 0 saturated carbocycles. The van der Waals surface area contributed by atoms with Gasteiger partial charge in [0.2, 0.25) is 10.0 Å². The zero-order valence-corrected chi connectivity index (χ0v) is 16.0. The lowest BCUT2D eigenvalue weighted by Crippen LogP contribution is -2.35. The molecule has 2 aromatic rings. The number of aryl methyl sites for hydroxylation is 1. The van der Waals surface area contributed by atoms with Crippen LogP contribution in [0.25, 0.3) is 0 Å². The van der Waals surface area contributed by atoms with E-state index >= 15 is 0 Å². The molecule has 0 aromatic heterocycles. The number of nitrogens with one attached hydrogen (secondary N) is 1. The van der Waals surface area contributed by atoms with Crippen LogP contribution < -0.4 is 4.72 Å². The fraction of sp³-hybridized carbons (Fsp3) is 0.235. The van der Waals surface area contributed by atoms with E-state index in [4.69, 9.17) is 27.9 Å². The molecule has 0 amide bonds. The van der Waals surface area contributed by atoms with Crippen molar-refractivity contribution in [3.8, 4) is 0 Å². The maximum atomic E-state index is 12.8. The predicted molar refractivity (Wildman–Crippen MR) is 97.3 cm³/mol. The third kappa shape index (κ3) is 4.73. The zero-order chi connectivity index (χ0) is 18.6. The molecular weight excluding hydrogens is 385 g/mol. The molecule has 0 heterocycles. The van der Waals surface area contributed by atoms with Gasteiger partial charge in [0.1, 0.15) is 10.9 Å². The van der Waals surface area contributed by atoms with Crippen LogP contribution in [0, 0.1) is 6.92 Å². The molecule has 25 heavy (non-hydrogen) atoms. The average molecular weight is 402 g/mol. The molecule has 0 spiro atoms. The number of benzene rings is 2. The van der Waals surface area contributed by atoms with Gasteiger partial charge in [-0.2, -0.15) is 4.72 Å². The van der Waals surface area contributed by atoms with Crippen LogP contribution >= 0.6 is 23.2 Å². The van der Waals surface area contributed by atoms with Gasteiger partial charge in [-0.3, -0.25) is 0 Å². The minimum atomic E-state index is -4.08. The number of halogens is 2. The fourth-order valence-electron chi connectivity index (χ4n) is 2.18. The smallest absolute Gasteiger partial charge is 0.328 e. The highest BCUT2D eigenvalue weighted by atomic mass is 35.5. The van der Waals surface area contributed by atoms with Crippen molar-refractivity contribution in [2.75, 3.05) is 6.61 Å². The Hall–Kier alpha value is -1.60. The summed E-state index contributed by atoms with van der Waals surface area (Å²) in [5.41, 5.74) is 1.02. The molecule has 0 aliphatic heterocycles. The summed E-state index contributed by atoms with van der Waals surface area (Å²) in [7, 11) is -4.08. The first kappa shape index (κ1) is 19.7. The van der Waals surface area contributed by atoms with E-state index in [-0.39, 0.29) is 16.5 Å². The second-order valence-corrected chi connectivity index (χ2v) is 7.75. The summed E-state index contributed by atoms with van der Waals surface area (Å²) in [5, 5.41) is 0.327. The van der Waals surface area contributed by atoms with Crippen molar-refractivity contribution in [2.45, 2.75) is 24.8 Å². The summed E-state index contributed by atoms with van der Waals surface area (Å²) in [4.78, 5) is 12.1. The molecule has 0 saturated heterocycles.